The van der Waals surface area contributed by atoms with E-state index in [9.17, 15) is 0 Å². The minimum absolute atomic E-state index is 0.330. The molecule has 0 amide bonds. The van der Waals surface area contributed by atoms with Gasteiger partial charge in [0.25, 0.3) is 0 Å². The molecular formula is C13H27NOS. The number of hydrogen-bond acceptors (Lipinski definition) is 3. The molecule has 2 N–H and O–H groups in total. The molecule has 0 bridgehead atoms. The fraction of sp³-hybridized carbons (Fsp3) is 1.00. The average molecular weight is 245 g/mol. The van der Waals surface area contributed by atoms with Crippen molar-refractivity contribution in [3.05, 3.63) is 0 Å². The molecule has 2 nitrogen and oxygen atoms in total. The molecule has 0 spiro atoms. The molecule has 0 aromatic rings. The molecule has 0 aliphatic heterocycles. The summed E-state index contributed by atoms with van der Waals surface area (Å²) in [7, 11) is 0. The van der Waals surface area contributed by atoms with Crippen molar-refractivity contribution in [3.8, 4) is 0 Å². The van der Waals surface area contributed by atoms with Crippen LogP contribution in [0.1, 0.15) is 40.0 Å². The van der Waals surface area contributed by atoms with E-state index in [2.05, 4.69) is 37.8 Å². The number of aliphatic hydroxyl groups is 1. The van der Waals surface area contributed by atoms with Gasteiger partial charge in [-0.3, -0.25) is 0 Å². The molecule has 0 aromatic carbocycles. The maximum atomic E-state index is 8.84. The van der Waals surface area contributed by atoms with Gasteiger partial charge in [-0.25, -0.2) is 0 Å². The maximum Gasteiger partial charge on any atom is 0.0438 e. The van der Waals surface area contributed by atoms with Crippen LogP contribution in [0.25, 0.3) is 0 Å². The van der Waals surface area contributed by atoms with Crippen molar-refractivity contribution in [1.29, 1.82) is 0 Å². The van der Waals surface area contributed by atoms with Crippen LogP contribution in [0.5, 0.6) is 0 Å². The summed E-state index contributed by atoms with van der Waals surface area (Å²) >= 11 is 2.06. The van der Waals surface area contributed by atoms with Crippen LogP contribution >= 0.6 is 11.8 Å². The summed E-state index contributed by atoms with van der Waals surface area (Å²) in [5.74, 6) is 2.76. The summed E-state index contributed by atoms with van der Waals surface area (Å²) in [4.78, 5) is 0. The molecule has 1 aliphatic rings. The second kappa shape index (κ2) is 7.57. The molecule has 1 rings (SSSR count). The number of rotatable bonds is 6. The SMILES string of the molecule is CCNC1CC(C)CC(C)C1SCCCO. The molecule has 0 aromatic heterocycles. The monoisotopic (exact) mass is 245 g/mol. The van der Waals surface area contributed by atoms with E-state index in [1.165, 1.54) is 12.8 Å². The zero-order chi connectivity index (χ0) is 12.0. The van der Waals surface area contributed by atoms with Gasteiger partial charge in [0.15, 0.2) is 0 Å². The standard InChI is InChI=1S/C13H27NOS/c1-4-14-12-9-10(2)8-11(3)13(12)16-7-5-6-15/h10-15H,4-9H2,1-3H3. The minimum Gasteiger partial charge on any atom is -0.396 e. The van der Waals surface area contributed by atoms with Gasteiger partial charge in [0, 0.05) is 17.9 Å². The van der Waals surface area contributed by atoms with E-state index in [0.717, 1.165) is 35.8 Å². The Labute approximate surface area is 105 Å². The van der Waals surface area contributed by atoms with E-state index in [1.807, 2.05) is 0 Å². The van der Waals surface area contributed by atoms with Crippen LogP contribution in [0.2, 0.25) is 0 Å². The number of aliphatic hydroxyl groups excluding tert-OH is 1. The first-order valence-electron chi connectivity index (χ1n) is 6.64. The van der Waals surface area contributed by atoms with Crippen LogP contribution in [-0.4, -0.2) is 35.3 Å². The first-order valence-corrected chi connectivity index (χ1v) is 7.69. The van der Waals surface area contributed by atoms with Gasteiger partial charge < -0.3 is 10.4 Å². The topological polar surface area (TPSA) is 32.3 Å². The Hall–Kier alpha value is 0.270. The van der Waals surface area contributed by atoms with Gasteiger partial charge in [0.05, 0.1) is 0 Å². The van der Waals surface area contributed by atoms with E-state index in [-0.39, 0.29) is 0 Å². The molecule has 4 atom stereocenters. The first-order chi connectivity index (χ1) is 7.69. The second-order valence-electron chi connectivity index (χ2n) is 5.13. The van der Waals surface area contributed by atoms with Gasteiger partial charge in [-0.05, 0) is 43.4 Å². The first kappa shape index (κ1) is 14.3. The molecule has 0 heterocycles. The van der Waals surface area contributed by atoms with E-state index >= 15 is 0 Å². The van der Waals surface area contributed by atoms with Gasteiger partial charge in [0.1, 0.15) is 0 Å². The fourth-order valence-electron chi connectivity index (χ4n) is 2.86. The van der Waals surface area contributed by atoms with Gasteiger partial charge in [-0.15, -0.1) is 0 Å². The van der Waals surface area contributed by atoms with Crippen molar-refractivity contribution >= 4 is 11.8 Å². The minimum atomic E-state index is 0.330. The van der Waals surface area contributed by atoms with Crippen molar-refractivity contribution in [1.82, 2.24) is 5.32 Å². The zero-order valence-electron chi connectivity index (χ0n) is 10.9. The van der Waals surface area contributed by atoms with Gasteiger partial charge in [0.2, 0.25) is 0 Å². The average Bonchev–Trinajstić information content (AvgIpc) is 2.22. The Kier molecular flexibility index (Phi) is 6.78. The Morgan fingerprint density at radius 2 is 2.06 bits per heavy atom. The highest BCUT2D eigenvalue weighted by Crippen LogP contribution is 2.36. The molecule has 0 saturated heterocycles. The van der Waals surface area contributed by atoms with E-state index in [4.69, 9.17) is 5.11 Å². The number of thioether (sulfide) groups is 1. The summed E-state index contributed by atoms with van der Waals surface area (Å²) in [6.45, 7) is 8.35. The van der Waals surface area contributed by atoms with Crippen LogP contribution < -0.4 is 5.32 Å². The number of nitrogens with one attached hydrogen (secondary N) is 1. The molecule has 1 saturated carbocycles. The molecule has 4 unspecified atom stereocenters. The molecule has 1 fully saturated rings. The molecule has 3 heteroatoms. The summed E-state index contributed by atoms with van der Waals surface area (Å²) in [5, 5.41) is 13.2. The van der Waals surface area contributed by atoms with Crippen molar-refractivity contribution in [2.24, 2.45) is 11.8 Å². The van der Waals surface area contributed by atoms with E-state index in [1.54, 1.807) is 0 Å². The van der Waals surface area contributed by atoms with Gasteiger partial charge >= 0.3 is 0 Å². The van der Waals surface area contributed by atoms with Crippen molar-refractivity contribution in [3.63, 3.8) is 0 Å². The van der Waals surface area contributed by atoms with E-state index < -0.39 is 0 Å². The number of hydrogen-bond donors (Lipinski definition) is 2. The third-order valence-corrected chi connectivity index (χ3v) is 5.17. The molecule has 0 radical (unpaired) electrons. The summed E-state index contributed by atoms with van der Waals surface area (Å²) in [6.07, 6.45) is 3.61. The molecule has 1 aliphatic carbocycles. The fourth-order valence-corrected chi connectivity index (χ4v) is 4.30. The molecular weight excluding hydrogens is 218 g/mol. The highest BCUT2D eigenvalue weighted by Gasteiger charge is 2.33. The van der Waals surface area contributed by atoms with Gasteiger partial charge in [-0.2, -0.15) is 11.8 Å². The van der Waals surface area contributed by atoms with Crippen LogP contribution in [0.15, 0.2) is 0 Å². The lowest BCUT2D eigenvalue weighted by atomic mass is 9.80. The Bertz CT molecular complexity index is 189. The lowest BCUT2D eigenvalue weighted by Crippen LogP contribution is -2.46. The quantitative estimate of drug-likeness (QED) is 0.705. The Balaban J connectivity index is 2.46. The van der Waals surface area contributed by atoms with Gasteiger partial charge in [-0.1, -0.05) is 20.8 Å². The molecule has 96 valence electrons. The predicted molar refractivity (Wildman–Crippen MR) is 73.0 cm³/mol. The van der Waals surface area contributed by atoms with Crippen molar-refractivity contribution in [2.45, 2.75) is 51.3 Å². The maximum absolute atomic E-state index is 8.84. The van der Waals surface area contributed by atoms with Crippen molar-refractivity contribution < 1.29 is 5.11 Å². The summed E-state index contributed by atoms with van der Waals surface area (Å²) in [6, 6.07) is 0.674. The highest BCUT2D eigenvalue weighted by molar-refractivity contribution is 7.99. The third kappa shape index (κ3) is 4.27. The summed E-state index contributed by atoms with van der Waals surface area (Å²) < 4.78 is 0. The lowest BCUT2D eigenvalue weighted by Gasteiger charge is -2.39. The zero-order valence-corrected chi connectivity index (χ0v) is 11.7. The van der Waals surface area contributed by atoms with E-state index in [0.29, 0.717) is 12.6 Å². The Morgan fingerprint density at radius 1 is 1.31 bits per heavy atom. The third-order valence-electron chi connectivity index (χ3n) is 3.47. The Morgan fingerprint density at radius 3 is 2.69 bits per heavy atom. The highest BCUT2D eigenvalue weighted by atomic mass is 32.2. The largest absolute Gasteiger partial charge is 0.396 e. The second-order valence-corrected chi connectivity index (χ2v) is 6.42. The van der Waals surface area contributed by atoms with Crippen LogP contribution in [0, 0.1) is 11.8 Å². The van der Waals surface area contributed by atoms with Crippen LogP contribution in [0.4, 0.5) is 0 Å². The predicted octanol–water partition coefficient (Wildman–Crippen LogP) is 2.51. The van der Waals surface area contributed by atoms with Crippen LogP contribution in [-0.2, 0) is 0 Å². The van der Waals surface area contributed by atoms with Crippen LogP contribution in [0.3, 0.4) is 0 Å². The smallest absolute Gasteiger partial charge is 0.0438 e. The van der Waals surface area contributed by atoms with Crippen molar-refractivity contribution in [2.75, 3.05) is 18.9 Å². The normalized spacial score (nSPS) is 35.2. The molecule has 16 heavy (non-hydrogen) atoms. The summed E-state index contributed by atoms with van der Waals surface area (Å²) in [5.41, 5.74) is 0. The lowest BCUT2D eigenvalue weighted by molar-refractivity contribution is 0.250.